The number of allylic oxidation sites excluding steroid dienone is 1. The Morgan fingerprint density at radius 1 is 1.15 bits per heavy atom. The number of carbonyl (C=O) groups excluding carboxylic acids is 1. The van der Waals surface area contributed by atoms with Gasteiger partial charge in [-0.3, -0.25) is 9.89 Å². The van der Waals surface area contributed by atoms with Crippen LogP contribution in [0.5, 0.6) is 0 Å². The number of nitrogens with one attached hydrogen (secondary N) is 2. The van der Waals surface area contributed by atoms with Crippen molar-refractivity contribution in [2.75, 3.05) is 0 Å². The van der Waals surface area contributed by atoms with E-state index in [0.29, 0.717) is 11.4 Å². The first-order valence-corrected chi connectivity index (χ1v) is 8.79. The van der Waals surface area contributed by atoms with Crippen LogP contribution in [0.4, 0.5) is 0 Å². The summed E-state index contributed by atoms with van der Waals surface area (Å²) in [7, 11) is 0. The lowest BCUT2D eigenvalue weighted by Gasteiger charge is -1.97. The summed E-state index contributed by atoms with van der Waals surface area (Å²) in [4.78, 5) is 12.2. The van der Waals surface area contributed by atoms with E-state index in [0.717, 1.165) is 21.2 Å². The van der Waals surface area contributed by atoms with Gasteiger partial charge >= 0.3 is 0 Å². The first-order chi connectivity index (χ1) is 12.6. The number of amides is 1. The van der Waals surface area contributed by atoms with Crippen LogP contribution >= 0.6 is 15.9 Å². The van der Waals surface area contributed by atoms with Crippen LogP contribution in [0.2, 0.25) is 0 Å². The summed E-state index contributed by atoms with van der Waals surface area (Å²) in [5, 5.41) is 10.9. The Hall–Kier alpha value is -2.99. The Morgan fingerprint density at radius 2 is 1.88 bits per heavy atom. The number of benzene rings is 2. The summed E-state index contributed by atoms with van der Waals surface area (Å²) in [6.45, 7) is 1.92. The van der Waals surface area contributed by atoms with Gasteiger partial charge in [0, 0.05) is 10.0 Å². The number of aromatic amines is 1. The number of hydrogen-bond acceptors (Lipinski definition) is 3. The van der Waals surface area contributed by atoms with E-state index in [-0.39, 0.29) is 5.91 Å². The molecule has 0 bridgehead atoms. The van der Waals surface area contributed by atoms with Crippen molar-refractivity contribution >= 4 is 34.1 Å². The minimum atomic E-state index is -0.343. The quantitative estimate of drug-likeness (QED) is 0.476. The van der Waals surface area contributed by atoms with Gasteiger partial charge in [0.15, 0.2) is 0 Å². The summed E-state index contributed by atoms with van der Waals surface area (Å²) in [5.41, 5.74) is 6.48. The van der Waals surface area contributed by atoms with E-state index in [1.54, 1.807) is 12.3 Å². The number of H-pyrrole nitrogens is 1. The number of rotatable bonds is 5. The second kappa shape index (κ2) is 8.40. The second-order valence-electron chi connectivity index (χ2n) is 5.67. The molecular formula is C20H17BrN4O. The van der Waals surface area contributed by atoms with E-state index in [4.69, 9.17) is 0 Å². The fraction of sp³-hybridized carbons (Fsp3) is 0.0500. The molecule has 3 rings (SSSR count). The lowest BCUT2D eigenvalue weighted by molar-refractivity contribution is 0.0950. The molecule has 0 fully saturated rings. The molecular weight excluding hydrogens is 392 g/mol. The van der Waals surface area contributed by atoms with Gasteiger partial charge in [0.1, 0.15) is 5.69 Å². The van der Waals surface area contributed by atoms with Crippen molar-refractivity contribution in [3.8, 4) is 11.3 Å². The molecule has 0 spiro atoms. The van der Waals surface area contributed by atoms with Crippen molar-refractivity contribution in [2.24, 2.45) is 5.10 Å². The van der Waals surface area contributed by atoms with Crippen LogP contribution < -0.4 is 5.43 Å². The highest BCUT2D eigenvalue weighted by Gasteiger charge is 2.10. The molecule has 0 aliphatic rings. The van der Waals surface area contributed by atoms with Crippen molar-refractivity contribution in [2.45, 2.75) is 6.92 Å². The van der Waals surface area contributed by atoms with E-state index >= 15 is 0 Å². The monoisotopic (exact) mass is 408 g/mol. The van der Waals surface area contributed by atoms with Crippen molar-refractivity contribution in [1.29, 1.82) is 0 Å². The van der Waals surface area contributed by atoms with Crippen molar-refractivity contribution in [3.63, 3.8) is 0 Å². The van der Waals surface area contributed by atoms with Gasteiger partial charge in [-0.25, -0.2) is 5.43 Å². The third kappa shape index (κ3) is 4.77. The lowest BCUT2D eigenvalue weighted by Crippen LogP contribution is -2.17. The molecule has 0 saturated carbocycles. The Balaban J connectivity index is 1.62. The van der Waals surface area contributed by atoms with Gasteiger partial charge in [0.2, 0.25) is 0 Å². The third-order valence-electron chi connectivity index (χ3n) is 3.59. The molecule has 3 aromatic rings. The Bertz CT molecular complexity index is 943. The van der Waals surface area contributed by atoms with Crippen LogP contribution in [-0.4, -0.2) is 22.3 Å². The first kappa shape index (κ1) is 17.8. The predicted molar refractivity (Wildman–Crippen MR) is 108 cm³/mol. The van der Waals surface area contributed by atoms with Crippen molar-refractivity contribution in [3.05, 3.63) is 82.0 Å². The Kier molecular flexibility index (Phi) is 5.76. The molecule has 0 aliphatic carbocycles. The normalized spacial score (nSPS) is 11.7. The molecule has 5 nitrogen and oxygen atoms in total. The van der Waals surface area contributed by atoms with E-state index in [2.05, 4.69) is 36.7 Å². The largest absolute Gasteiger partial charge is 0.289 e. The predicted octanol–water partition coefficient (Wildman–Crippen LogP) is 4.66. The average Bonchev–Trinajstić information content (AvgIpc) is 3.13. The molecule has 2 N–H and O–H groups in total. The molecule has 0 unspecified atom stereocenters. The molecule has 6 heteroatoms. The fourth-order valence-electron chi connectivity index (χ4n) is 2.31. The van der Waals surface area contributed by atoms with Gasteiger partial charge in [-0.05, 0) is 36.3 Å². The van der Waals surface area contributed by atoms with Gasteiger partial charge in [-0.2, -0.15) is 10.2 Å². The summed E-state index contributed by atoms with van der Waals surface area (Å²) in [5.74, 6) is -0.343. The average molecular weight is 409 g/mol. The van der Waals surface area contributed by atoms with Gasteiger partial charge < -0.3 is 0 Å². The van der Waals surface area contributed by atoms with Crippen molar-refractivity contribution in [1.82, 2.24) is 15.6 Å². The third-order valence-corrected chi connectivity index (χ3v) is 4.12. The Morgan fingerprint density at radius 3 is 2.62 bits per heavy atom. The highest BCUT2D eigenvalue weighted by Crippen LogP contribution is 2.20. The number of carbonyl (C=O) groups is 1. The standard InChI is InChI=1S/C20H17BrN4O/c1-14(11-15-5-3-2-4-6-15)13-22-25-20(26)19-12-18(23-24-19)16-7-9-17(21)10-8-16/h2-13H,1H3,(H,23,24)(H,25,26)/b14-11+,22-13-. The van der Waals surface area contributed by atoms with Gasteiger partial charge in [-0.1, -0.05) is 64.5 Å². The minimum absolute atomic E-state index is 0.343. The molecule has 0 atom stereocenters. The van der Waals surface area contributed by atoms with Crippen molar-refractivity contribution < 1.29 is 4.79 Å². The maximum absolute atomic E-state index is 12.2. The van der Waals surface area contributed by atoms with Gasteiger partial charge in [0.05, 0.1) is 11.9 Å². The van der Waals surface area contributed by atoms with Crippen LogP contribution in [0.3, 0.4) is 0 Å². The van der Waals surface area contributed by atoms with Crippen LogP contribution in [-0.2, 0) is 0 Å². The molecule has 0 aliphatic heterocycles. The summed E-state index contributed by atoms with van der Waals surface area (Å²) in [6, 6.07) is 19.3. The van der Waals surface area contributed by atoms with Gasteiger partial charge in [0.25, 0.3) is 5.91 Å². The molecule has 0 radical (unpaired) electrons. The zero-order valence-electron chi connectivity index (χ0n) is 14.1. The van der Waals surface area contributed by atoms with E-state index in [1.807, 2.05) is 67.6 Å². The molecule has 1 amide bonds. The lowest BCUT2D eigenvalue weighted by atomic mass is 10.1. The number of hydrogen-bond donors (Lipinski definition) is 2. The smallest absolute Gasteiger partial charge is 0.272 e. The number of aromatic nitrogens is 2. The topological polar surface area (TPSA) is 70.1 Å². The SMILES string of the molecule is CC(/C=N\NC(=O)c1cc(-c2ccc(Br)cc2)n[nH]1)=C\c1ccccc1. The van der Waals surface area contributed by atoms with Crippen LogP contribution in [0.25, 0.3) is 17.3 Å². The molecule has 26 heavy (non-hydrogen) atoms. The molecule has 0 saturated heterocycles. The zero-order chi connectivity index (χ0) is 18.4. The first-order valence-electron chi connectivity index (χ1n) is 8.00. The number of hydrazone groups is 1. The summed E-state index contributed by atoms with van der Waals surface area (Å²) >= 11 is 3.39. The fourth-order valence-corrected chi connectivity index (χ4v) is 2.57. The van der Waals surface area contributed by atoms with E-state index < -0.39 is 0 Å². The van der Waals surface area contributed by atoms with Crippen LogP contribution in [0.15, 0.2) is 75.8 Å². The maximum atomic E-state index is 12.2. The molecule has 1 aromatic heterocycles. The highest BCUT2D eigenvalue weighted by atomic mass is 79.9. The summed E-state index contributed by atoms with van der Waals surface area (Å²) < 4.78 is 0.989. The van der Waals surface area contributed by atoms with Gasteiger partial charge in [-0.15, -0.1) is 0 Å². The number of halogens is 1. The minimum Gasteiger partial charge on any atom is -0.272 e. The zero-order valence-corrected chi connectivity index (χ0v) is 15.7. The molecule has 2 aromatic carbocycles. The van der Waals surface area contributed by atoms with E-state index in [9.17, 15) is 4.79 Å². The summed E-state index contributed by atoms with van der Waals surface area (Å²) in [6.07, 6.45) is 3.59. The van der Waals surface area contributed by atoms with Crippen LogP contribution in [0, 0.1) is 0 Å². The number of nitrogens with zero attached hydrogens (tertiary/aromatic N) is 2. The highest BCUT2D eigenvalue weighted by molar-refractivity contribution is 9.10. The maximum Gasteiger partial charge on any atom is 0.289 e. The Labute approximate surface area is 160 Å². The molecule has 130 valence electrons. The second-order valence-corrected chi connectivity index (χ2v) is 6.59. The van der Waals surface area contributed by atoms with E-state index in [1.165, 1.54) is 0 Å². The van der Waals surface area contributed by atoms with Crippen LogP contribution in [0.1, 0.15) is 23.0 Å². The molecule has 1 heterocycles.